The molecule has 78 valence electrons. The maximum absolute atomic E-state index is 11.4. The Hall–Kier alpha value is -0.190. The van der Waals surface area contributed by atoms with Crippen LogP contribution >= 0.6 is 24.8 Å². The van der Waals surface area contributed by atoms with Crippen LogP contribution < -0.4 is 5.32 Å². The molecule has 2 fully saturated rings. The Morgan fingerprint density at radius 1 is 1.46 bits per heavy atom. The van der Waals surface area contributed by atoms with Crippen LogP contribution in [0.4, 0.5) is 4.79 Å². The number of piperazine rings is 1. The Bertz CT molecular complexity index is 191. The van der Waals surface area contributed by atoms with Crippen LogP contribution in [-0.2, 0) is 0 Å². The molecule has 6 heteroatoms. The zero-order valence-electron chi connectivity index (χ0n) is 7.52. The molecule has 0 unspecified atom stereocenters. The minimum atomic E-state index is 0. The van der Waals surface area contributed by atoms with Gasteiger partial charge in [0.15, 0.2) is 0 Å². The van der Waals surface area contributed by atoms with Crippen LogP contribution in [-0.4, -0.2) is 55.1 Å². The standard InChI is InChI=1S/C7H13N3O.2ClH/c1-9-5-6-4-8-2-3-10(6)7(9)11;;/h6,8H,2-5H2,1H3;2*1H/t6-;;/m0../s1. The molecule has 0 saturated carbocycles. The molecule has 0 aromatic rings. The molecule has 2 aliphatic heterocycles. The smallest absolute Gasteiger partial charge is 0.320 e. The van der Waals surface area contributed by atoms with Crippen LogP contribution in [0.1, 0.15) is 0 Å². The second kappa shape index (κ2) is 4.88. The molecule has 4 nitrogen and oxygen atoms in total. The Balaban J connectivity index is 0.000000720. The first kappa shape index (κ1) is 12.8. The van der Waals surface area contributed by atoms with E-state index in [1.54, 1.807) is 4.90 Å². The van der Waals surface area contributed by atoms with E-state index in [2.05, 4.69) is 5.32 Å². The molecule has 2 aliphatic rings. The molecule has 13 heavy (non-hydrogen) atoms. The minimum absolute atomic E-state index is 0. The quantitative estimate of drug-likeness (QED) is 0.641. The minimum Gasteiger partial charge on any atom is -0.326 e. The number of carbonyl (C=O) groups excluding carboxylic acids is 1. The lowest BCUT2D eigenvalue weighted by atomic mass is 10.2. The van der Waals surface area contributed by atoms with Gasteiger partial charge in [-0.2, -0.15) is 0 Å². The predicted octanol–water partition coefficient (Wildman–Crippen LogP) is 0.169. The van der Waals surface area contributed by atoms with Crippen molar-refractivity contribution in [1.82, 2.24) is 15.1 Å². The average molecular weight is 228 g/mol. The number of hydrogen-bond acceptors (Lipinski definition) is 2. The van der Waals surface area contributed by atoms with E-state index in [-0.39, 0.29) is 30.8 Å². The van der Waals surface area contributed by atoms with Gasteiger partial charge in [-0.05, 0) is 0 Å². The Kier molecular flexibility index (Phi) is 4.81. The number of urea groups is 1. The van der Waals surface area contributed by atoms with Crippen molar-refractivity contribution < 1.29 is 4.79 Å². The number of halogens is 2. The summed E-state index contributed by atoms with van der Waals surface area (Å²) in [7, 11) is 1.86. The van der Waals surface area contributed by atoms with Gasteiger partial charge in [0, 0.05) is 33.2 Å². The first-order chi connectivity index (χ1) is 5.29. The second-order valence-electron chi connectivity index (χ2n) is 3.21. The topological polar surface area (TPSA) is 35.6 Å². The number of fused-ring (bicyclic) bond motifs is 1. The first-order valence-electron chi connectivity index (χ1n) is 4.01. The van der Waals surface area contributed by atoms with E-state index in [9.17, 15) is 4.79 Å². The van der Waals surface area contributed by atoms with E-state index in [0.717, 1.165) is 26.2 Å². The van der Waals surface area contributed by atoms with Crippen molar-refractivity contribution in [3.63, 3.8) is 0 Å². The summed E-state index contributed by atoms with van der Waals surface area (Å²) in [6, 6.07) is 0.609. The van der Waals surface area contributed by atoms with Crippen LogP contribution in [0.2, 0.25) is 0 Å². The number of likely N-dealkylation sites (N-methyl/N-ethyl adjacent to an activating group) is 1. The maximum Gasteiger partial charge on any atom is 0.320 e. The molecule has 0 aliphatic carbocycles. The molecule has 0 radical (unpaired) electrons. The predicted molar refractivity (Wildman–Crippen MR) is 55.9 cm³/mol. The Labute approximate surface area is 90.5 Å². The van der Waals surface area contributed by atoms with Gasteiger partial charge in [0.1, 0.15) is 0 Å². The zero-order valence-corrected chi connectivity index (χ0v) is 9.16. The number of hydrogen-bond donors (Lipinski definition) is 1. The van der Waals surface area contributed by atoms with Gasteiger partial charge in [-0.25, -0.2) is 4.79 Å². The van der Waals surface area contributed by atoms with Gasteiger partial charge in [0.2, 0.25) is 0 Å². The van der Waals surface area contributed by atoms with Crippen molar-refractivity contribution in [2.45, 2.75) is 6.04 Å². The van der Waals surface area contributed by atoms with E-state index >= 15 is 0 Å². The third kappa shape index (κ3) is 2.18. The van der Waals surface area contributed by atoms with Gasteiger partial charge in [0.05, 0.1) is 6.04 Å². The molecule has 2 amide bonds. The highest BCUT2D eigenvalue weighted by Crippen LogP contribution is 2.14. The van der Waals surface area contributed by atoms with Gasteiger partial charge in [-0.1, -0.05) is 0 Å². The van der Waals surface area contributed by atoms with Crippen LogP contribution in [0.3, 0.4) is 0 Å². The lowest BCUT2D eigenvalue weighted by Gasteiger charge is -2.28. The largest absolute Gasteiger partial charge is 0.326 e. The number of rotatable bonds is 0. The Morgan fingerprint density at radius 2 is 2.15 bits per heavy atom. The van der Waals surface area contributed by atoms with E-state index in [1.165, 1.54) is 0 Å². The summed E-state index contributed by atoms with van der Waals surface area (Å²) in [5.74, 6) is 0. The van der Waals surface area contributed by atoms with Gasteiger partial charge < -0.3 is 15.1 Å². The molecule has 2 heterocycles. The fourth-order valence-corrected chi connectivity index (χ4v) is 1.79. The molecule has 0 bridgehead atoms. The molecular weight excluding hydrogens is 213 g/mol. The first-order valence-corrected chi connectivity index (χ1v) is 4.01. The van der Waals surface area contributed by atoms with Gasteiger partial charge in [-0.3, -0.25) is 0 Å². The third-order valence-corrected chi connectivity index (χ3v) is 2.41. The summed E-state index contributed by atoms with van der Waals surface area (Å²) in [4.78, 5) is 15.1. The van der Waals surface area contributed by atoms with Gasteiger partial charge >= 0.3 is 6.03 Å². The molecule has 2 rings (SSSR count). The summed E-state index contributed by atoms with van der Waals surface area (Å²) in [5.41, 5.74) is 0. The highest BCUT2D eigenvalue weighted by Gasteiger charge is 2.35. The number of carbonyl (C=O) groups is 1. The summed E-state index contributed by atoms with van der Waals surface area (Å²) in [6.07, 6.45) is 0. The van der Waals surface area contributed by atoms with Gasteiger partial charge in [0.25, 0.3) is 0 Å². The molecule has 2 saturated heterocycles. The van der Waals surface area contributed by atoms with Crippen molar-refractivity contribution in [2.24, 2.45) is 0 Å². The van der Waals surface area contributed by atoms with E-state index in [1.807, 2.05) is 11.9 Å². The van der Waals surface area contributed by atoms with E-state index < -0.39 is 0 Å². The van der Waals surface area contributed by atoms with Crippen molar-refractivity contribution >= 4 is 30.8 Å². The number of amides is 2. The molecule has 0 spiro atoms. The molecule has 0 aromatic carbocycles. The third-order valence-electron chi connectivity index (χ3n) is 2.41. The lowest BCUT2D eigenvalue weighted by molar-refractivity contribution is 0.182. The van der Waals surface area contributed by atoms with E-state index in [0.29, 0.717) is 6.04 Å². The Morgan fingerprint density at radius 3 is 2.77 bits per heavy atom. The van der Waals surface area contributed by atoms with Crippen molar-refractivity contribution in [3.05, 3.63) is 0 Å². The summed E-state index contributed by atoms with van der Waals surface area (Å²) in [5, 5.41) is 3.28. The highest BCUT2D eigenvalue weighted by atomic mass is 35.5. The van der Waals surface area contributed by atoms with Crippen LogP contribution in [0.25, 0.3) is 0 Å². The van der Waals surface area contributed by atoms with E-state index in [4.69, 9.17) is 0 Å². The van der Waals surface area contributed by atoms with Crippen molar-refractivity contribution in [1.29, 1.82) is 0 Å². The normalized spacial score (nSPS) is 26.2. The molecule has 0 aromatic heterocycles. The maximum atomic E-state index is 11.4. The fourth-order valence-electron chi connectivity index (χ4n) is 1.79. The number of nitrogens with zero attached hydrogens (tertiary/aromatic N) is 2. The highest BCUT2D eigenvalue weighted by molar-refractivity contribution is 5.85. The molecule has 1 atom stereocenters. The van der Waals surface area contributed by atoms with Crippen LogP contribution in [0, 0.1) is 0 Å². The van der Waals surface area contributed by atoms with Crippen LogP contribution in [0.15, 0.2) is 0 Å². The molecular formula is C7H15Cl2N3O. The monoisotopic (exact) mass is 227 g/mol. The number of nitrogens with one attached hydrogen (secondary N) is 1. The average Bonchev–Trinajstić information content (AvgIpc) is 2.30. The van der Waals surface area contributed by atoms with Crippen molar-refractivity contribution in [3.8, 4) is 0 Å². The second-order valence-corrected chi connectivity index (χ2v) is 3.21. The summed E-state index contributed by atoms with van der Waals surface area (Å²) < 4.78 is 0. The zero-order chi connectivity index (χ0) is 7.84. The lowest BCUT2D eigenvalue weighted by Crippen LogP contribution is -2.49. The SMILES string of the molecule is CN1C[C@@H]2CNCCN2C1=O.Cl.Cl. The van der Waals surface area contributed by atoms with Crippen LogP contribution in [0.5, 0.6) is 0 Å². The summed E-state index contributed by atoms with van der Waals surface area (Å²) in [6.45, 7) is 3.64. The molecule has 1 N–H and O–H groups in total. The fraction of sp³-hybridized carbons (Fsp3) is 0.857. The van der Waals surface area contributed by atoms with Gasteiger partial charge in [-0.15, -0.1) is 24.8 Å². The van der Waals surface area contributed by atoms with Crippen molar-refractivity contribution in [2.75, 3.05) is 33.2 Å². The summed E-state index contributed by atoms with van der Waals surface area (Å²) >= 11 is 0.